The van der Waals surface area contributed by atoms with Crippen molar-refractivity contribution in [1.29, 1.82) is 0 Å². The van der Waals surface area contributed by atoms with Gasteiger partial charge in [-0.2, -0.15) is 0 Å². The molecule has 25 heavy (non-hydrogen) atoms. The third kappa shape index (κ3) is 4.14. The van der Waals surface area contributed by atoms with Crippen LogP contribution in [0.4, 0.5) is 4.79 Å². The first-order chi connectivity index (χ1) is 11.9. The molecule has 3 amide bonds. The van der Waals surface area contributed by atoms with Crippen LogP contribution in [0.3, 0.4) is 0 Å². The highest BCUT2D eigenvalue weighted by molar-refractivity contribution is 5.82. The molecule has 2 aliphatic rings. The average Bonchev–Trinajstić information content (AvgIpc) is 2.94. The van der Waals surface area contributed by atoms with E-state index in [4.69, 9.17) is 0 Å². The molecule has 0 aromatic heterocycles. The summed E-state index contributed by atoms with van der Waals surface area (Å²) in [4.78, 5) is 28.8. The van der Waals surface area contributed by atoms with Crippen LogP contribution in [-0.4, -0.2) is 47.4 Å². The minimum Gasteiger partial charge on any atom is -0.334 e. The number of likely N-dealkylation sites (tertiary alicyclic amines) is 2. The number of benzene rings is 1. The van der Waals surface area contributed by atoms with Gasteiger partial charge in [0.1, 0.15) is 0 Å². The van der Waals surface area contributed by atoms with Crippen molar-refractivity contribution in [2.45, 2.75) is 45.7 Å². The van der Waals surface area contributed by atoms with Crippen molar-refractivity contribution in [3.8, 4) is 0 Å². The summed E-state index contributed by atoms with van der Waals surface area (Å²) in [7, 11) is 0. The molecule has 0 bridgehead atoms. The van der Waals surface area contributed by atoms with Crippen LogP contribution < -0.4 is 5.32 Å². The van der Waals surface area contributed by atoms with Crippen LogP contribution in [-0.2, 0) is 4.79 Å². The average molecular weight is 343 g/mol. The Morgan fingerprint density at radius 3 is 2.40 bits per heavy atom. The summed E-state index contributed by atoms with van der Waals surface area (Å²) in [6, 6.07) is 9.95. The Kier molecular flexibility index (Phi) is 5.30. The number of urea groups is 1. The number of carbonyl (C=O) groups is 2. The zero-order valence-corrected chi connectivity index (χ0v) is 15.4. The normalized spacial score (nSPS) is 28.1. The van der Waals surface area contributed by atoms with Gasteiger partial charge in [-0.3, -0.25) is 4.79 Å². The number of nitrogens with one attached hydrogen (secondary N) is 1. The summed E-state index contributed by atoms with van der Waals surface area (Å²) in [5, 5.41) is 3.08. The highest BCUT2D eigenvalue weighted by Gasteiger charge is 2.35. The van der Waals surface area contributed by atoms with Crippen molar-refractivity contribution in [3.63, 3.8) is 0 Å². The molecule has 2 saturated heterocycles. The quantitative estimate of drug-likeness (QED) is 0.917. The lowest BCUT2D eigenvalue weighted by Gasteiger charge is -2.35. The molecule has 0 saturated carbocycles. The van der Waals surface area contributed by atoms with Crippen molar-refractivity contribution in [3.05, 3.63) is 35.9 Å². The van der Waals surface area contributed by atoms with Crippen LogP contribution in [0.5, 0.6) is 0 Å². The molecule has 2 fully saturated rings. The first-order valence-corrected chi connectivity index (χ1v) is 9.34. The Labute approximate surface area is 150 Å². The number of piperidine rings is 1. The fourth-order valence-corrected chi connectivity index (χ4v) is 4.21. The summed E-state index contributed by atoms with van der Waals surface area (Å²) < 4.78 is 0. The topological polar surface area (TPSA) is 52.7 Å². The summed E-state index contributed by atoms with van der Waals surface area (Å²) in [5.74, 6) is 1.19. The van der Waals surface area contributed by atoms with Crippen molar-refractivity contribution >= 4 is 11.9 Å². The van der Waals surface area contributed by atoms with Gasteiger partial charge in [-0.1, -0.05) is 44.2 Å². The fourth-order valence-electron chi connectivity index (χ4n) is 4.21. The van der Waals surface area contributed by atoms with E-state index in [1.807, 2.05) is 47.1 Å². The lowest BCUT2D eigenvalue weighted by molar-refractivity contribution is -0.129. The van der Waals surface area contributed by atoms with Gasteiger partial charge in [-0.25, -0.2) is 4.79 Å². The largest absolute Gasteiger partial charge is 0.334 e. The smallest absolute Gasteiger partial charge is 0.317 e. The van der Waals surface area contributed by atoms with E-state index in [0.717, 1.165) is 18.7 Å². The van der Waals surface area contributed by atoms with Gasteiger partial charge in [0.15, 0.2) is 0 Å². The number of hydrogen-bond donors (Lipinski definition) is 1. The third-order valence-electron chi connectivity index (χ3n) is 5.39. The predicted octanol–water partition coefficient (Wildman–Crippen LogP) is 3.04. The SMILES string of the molecule is CC1CC(C)CN(C(=O)NC2CC(=O)N(C(C)c3ccccc3)C2)C1. The zero-order valence-electron chi connectivity index (χ0n) is 15.4. The monoisotopic (exact) mass is 343 g/mol. The number of nitrogens with zero attached hydrogens (tertiary/aromatic N) is 2. The Morgan fingerprint density at radius 1 is 1.12 bits per heavy atom. The highest BCUT2D eigenvalue weighted by atomic mass is 16.2. The van der Waals surface area contributed by atoms with Gasteiger partial charge in [0.2, 0.25) is 5.91 Å². The van der Waals surface area contributed by atoms with Crippen molar-refractivity contribution in [2.24, 2.45) is 11.8 Å². The van der Waals surface area contributed by atoms with Gasteiger partial charge >= 0.3 is 6.03 Å². The van der Waals surface area contributed by atoms with E-state index in [-0.39, 0.29) is 24.0 Å². The molecular formula is C20H29N3O2. The predicted molar refractivity (Wildman–Crippen MR) is 98.0 cm³/mol. The fraction of sp³-hybridized carbons (Fsp3) is 0.600. The Morgan fingerprint density at radius 2 is 1.76 bits per heavy atom. The van der Waals surface area contributed by atoms with E-state index in [9.17, 15) is 9.59 Å². The Balaban J connectivity index is 1.58. The van der Waals surface area contributed by atoms with Gasteiger partial charge in [-0.05, 0) is 30.7 Å². The molecule has 2 aliphatic heterocycles. The molecule has 0 spiro atoms. The molecule has 4 unspecified atom stereocenters. The molecule has 5 heteroatoms. The van der Waals surface area contributed by atoms with Crippen molar-refractivity contribution < 1.29 is 9.59 Å². The first-order valence-electron chi connectivity index (χ1n) is 9.34. The van der Waals surface area contributed by atoms with E-state index in [1.165, 1.54) is 6.42 Å². The second-order valence-corrected chi connectivity index (χ2v) is 7.83. The minimum absolute atomic E-state index is 0.0228. The number of hydrogen-bond acceptors (Lipinski definition) is 2. The standard InChI is InChI=1S/C20H29N3O2/c1-14-9-15(2)12-22(11-14)20(25)21-18-10-19(24)23(13-18)16(3)17-7-5-4-6-8-17/h4-8,14-16,18H,9-13H2,1-3H3,(H,21,25). The maximum absolute atomic E-state index is 12.6. The summed E-state index contributed by atoms with van der Waals surface area (Å²) in [6.45, 7) is 8.63. The van der Waals surface area contributed by atoms with Gasteiger partial charge in [0.25, 0.3) is 0 Å². The molecule has 0 radical (unpaired) electrons. The molecule has 1 aromatic carbocycles. The highest BCUT2D eigenvalue weighted by Crippen LogP contribution is 2.26. The van der Waals surface area contributed by atoms with E-state index in [0.29, 0.717) is 24.8 Å². The van der Waals surface area contributed by atoms with E-state index in [1.54, 1.807) is 0 Å². The third-order valence-corrected chi connectivity index (χ3v) is 5.39. The van der Waals surface area contributed by atoms with Crippen LogP contribution in [0, 0.1) is 11.8 Å². The van der Waals surface area contributed by atoms with E-state index >= 15 is 0 Å². The lowest BCUT2D eigenvalue weighted by Crippen LogP contribution is -2.50. The summed E-state index contributed by atoms with van der Waals surface area (Å²) in [6.07, 6.45) is 1.57. The van der Waals surface area contributed by atoms with Gasteiger partial charge in [0.05, 0.1) is 12.1 Å². The summed E-state index contributed by atoms with van der Waals surface area (Å²) >= 11 is 0. The molecule has 3 rings (SSSR count). The molecule has 0 aliphatic carbocycles. The zero-order chi connectivity index (χ0) is 18.0. The maximum atomic E-state index is 12.6. The molecule has 4 atom stereocenters. The second-order valence-electron chi connectivity index (χ2n) is 7.83. The molecule has 1 N–H and O–H groups in total. The van der Waals surface area contributed by atoms with Crippen molar-refractivity contribution in [2.75, 3.05) is 19.6 Å². The Hall–Kier alpha value is -2.04. The van der Waals surface area contributed by atoms with E-state index < -0.39 is 0 Å². The van der Waals surface area contributed by atoms with Crippen LogP contribution in [0.15, 0.2) is 30.3 Å². The van der Waals surface area contributed by atoms with Crippen LogP contribution in [0.25, 0.3) is 0 Å². The number of amides is 3. The molecular weight excluding hydrogens is 314 g/mol. The van der Waals surface area contributed by atoms with Crippen LogP contribution in [0.2, 0.25) is 0 Å². The molecule has 2 heterocycles. The van der Waals surface area contributed by atoms with Crippen LogP contribution in [0.1, 0.15) is 45.2 Å². The van der Waals surface area contributed by atoms with Crippen molar-refractivity contribution in [1.82, 2.24) is 15.1 Å². The molecule has 5 nitrogen and oxygen atoms in total. The number of rotatable bonds is 3. The number of carbonyl (C=O) groups excluding carboxylic acids is 2. The van der Waals surface area contributed by atoms with Crippen LogP contribution >= 0.6 is 0 Å². The van der Waals surface area contributed by atoms with Gasteiger partial charge < -0.3 is 15.1 Å². The minimum atomic E-state index is -0.0984. The molecule has 1 aromatic rings. The van der Waals surface area contributed by atoms with E-state index in [2.05, 4.69) is 19.2 Å². The van der Waals surface area contributed by atoms with Gasteiger partial charge in [0, 0.05) is 26.1 Å². The second kappa shape index (κ2) is 7.46. The van der Waals surface area contributed by atoms with Gasteiger partial charge in [-0.15, -0.1) is 0 Å². The maximum Gasteiger partial charge on any atom is 0.317 e. The Bertz CT molecular complexity index is 609. The lowest BCUT2D eigenvalue weighted by atomic mass is 9.92. The summed E-state index contributed by atoms with van der Waals surface area (Å²) in [5.41, 5.74) is 1.13. The first kappa shape index (κ1) is 17.8. The molecule has 136 valence electrons.